The number of imidazole rings is 1. The molecule has 0 aliphatic carbocycles. The summed E-state index contributed by atoms with van der Waals surface area (Å²) in [6.45, 7) is 1.82. The van der Waals surface area contributed by atoms with Crippen LogP contribution in [-0.4, -0.2) is 24.3 Å². The van der Waals surface area contributed by atoms with Crippen molar-refractivity contribution in [2.75, 3.05) is 5.73 Å². The third-order valence-electron chi connectivity index (χ3n) is 3.48. The number of hydrogen-bond donors (Lipinski definition) is 1. The van der Waals surface area contributed by atoms with E-state index < -0.39 is 9.84 Å². The Bertz CT molecular complexity index is 1020. The summed E-state index contributed by atoms with van der Waals surface area (Å²) in [5.74, 6) is 0.288. The predicted molar refractivity (Wildman–Crippen MR) is 97.7 cm³/mol. The van der Waals surface area contributed by atoms with Gasteiger partial charge in [-0.2, -0.15) is 5.10 Å². The van der Waals surface area contributed by atoms with Crippen LogP contribution in [0, 0.1) is 6.92 Å². The Kier molecular flexibility index (Phi) is 4.61. The molecule has 1 aromatic heterocycles. The highest BCUT2D eigenvalue weighted by Crippen LogP contribution is 2.22. The van der Waals surface area contributed by atoms with Gasteiger partial charge in [-0.15, -0.1) is 0 Å². The first-order valence-electron chi connectivity index (χ1n) is 7.33. The van der Waals surface area contributed by atoms with Gasteiger partial charge < -0.3 is 5.73 Å². The summed E-state index contributed by atoms with van der Waals surface area (Å²) in [5.41, 5.74) is 7.21. The van der Waals surface area contributed by atoms with Crippen molar-refractivity contribution >= 4 is 33.6 Å². The van der Waals surface area contributed by atoms with Gasteiger partial charge in [-0.25, -0.2) is 18.1 Å². The van der Waals surface area contributed by atoms with E-state index in [-0.39, 0.29) is 15.7 Å². The fraction of sp³-hybridized carbons (Fsp3) is 0.0588. The van der Waals surface area contributed by atoms with E-state index in [4.69, 9.17) is 17.3 Å². The molecule has 0 radical (unpaired) electrons. The lowest BCUT2D eigenvalue weighted by atomic mass is 10.2. The van der Waals surface area contributed by atoms with Gasteiger partial charge in [0.25, 0.3) is 0 Å². The highest BCUT2D eigenvalue weighted by atomic mass is 35.5. The maximum atomic E-state index is 12.6. The Morgan fingerprint density at radius 1 is 1.08 bits per heavy atom. The van der Waals surface area contributed by atoms with Crippen molar-refractivity contribution in [1.29, 1.82) is 0 Å². The van der Waals surface area contributed by atoms with E-state index in [0.717, 1.165) is 11.3 Å². The van der Waals surface area contributed by atoms with E-state index in [1.54, 1.807) is 36.7 Å². The SMILES string of the molecule is Cc1cn(N=Cc2ccc(S(=O)(=O)c3ccc(Cl)cc3)cc2)c(N)n1. The van der Waals surface area contributed by atoms with E-state index in [1.165, 1.54) is 28.9 Å². The Morgan fingerprint density at radius 3 is 2.16 bits per heavy atom. The number of hydrogen-bond acceptors (Lipinski definition) is 5. The number of halogens is 1. The molecular formula is C17H15ClN4O2S. The van der Waals surface area contributed by atoms with Crippen molar-refractivity contribution in [3.8, 4) is 0 Å². The first-order valence-corrected chi connectivity index (χ1v) is 9.19. The fourth-order valence-corrected chi connectivity index (χ4v) is 3.60. The number of aromatic nitrogens is 2. The molecule has 1 heterocycles. The molecule has 2 N–H and O–H groups in total. The lowest BCUT2D eigenvalue weighted by Crippen LogP contribution is -2.02. The number of anilines is 1. The molecule has 0 saturated carbocycles. The van der Waals surface area contributed by atoms with Gasteiger partial charge in [0.1, 0.15) is 0 Å². The van der Waals surface area contributed by atoms with Crippen molar-refractivity contribution in [1.82, 2.24) is 9.66 Å². The lowest BCUT2D eigenvalue weighted by molar-refractivity contribution is 0.596. The lowest BCUT2D eigenvalue weighted by Gasteiger charge is -2.05. The Morgan fingerprint density at radius 2 is 1.64 bits per heavy atom. The molecule has 0 atom stereocenters. The highest BCUT2D eigenvalue weighted by molar-refractivity contribution is 7.91. The van der Waals surface area contributed by atoms with E-state index in [9.17, 15) is 8.42 Å². The normalized spacial score (nSPS) is 11.9. The first-order chi connectivity index (χ1) is 11.9. The Hall–Kier alpha value is -2.64. The molecule has 2 aromatic carbocycles. The minimum absolute atomic E-state index is 0.194. The highest BCUT2D eigenvalue weighted by Gasteiger charge is 2.17. The summed E-state index contributed by atoms with van der Waals surface area (Å²) >= 11 is 5.80. The molecule has 8 heteroatoms. The second-order valence-corrected chi connectivity index (χ2v) is 7.74. The van der Waals surface area contributed by atoms with Gasteiger partial charge in [0.15, 0.2) is 0 Å². The average molecular weight is 375 g/mol. The van der Waals surface area contributed by atoms with Crippen LogP contribution in [0.3, 0.4) is 0 Å². The van der Waals surface area contributed by atoms with Gasteiger partial charge in [-0.3, -0.25) is 0 Å². The standard InChI is InChI=1S/C17H15ClN4O2S/c1-12-11-22(17(19)21-12)20-10-13-2-6-15(7-3-13)25(23,24)16-8-4-14(18)5-9-16/h2-11H,1H3,(H2,19,21). The van der Waals surface area contributed by atoms with Crippen LogP contribution in [-0.2, 0) is 9.84 Å². The van der Waals surface area contributed by atoms with Crippen molar-refractivity contribution in [3.05, 3.63) is 71.0 Å². The number of aryl methyl sites for hydroxylation is 1. The van der Waals surface area contributed by atoms with Crippen LogP contribution in [0.1, 0.15) is 11.3 Å². The van der Waals surface area contributed by atoms with Crippen LogP contribution in [0.15, 0.2) is 69.6 Å². The summed E-state index contributed by atoms with van der Waals surface area (Å²) < 4.78 is 26.6. The topological polar surface area (TPSA) is 90.3 Å². The van der Waals surface area contributed by atoms with E-state index in [0.29, 0.717) is 5.02 Å². The second kappa shape index (κ2) is 6.70. The summed E-state index contributed by atoms with van der Waals surface area (Å²) in [4.78, 5) is 4.44. The molecular weight excluding hydrogens is 360 g/mol. The molecule has 25 heavy (non-hydrogen) atoms. The molecule has 6 nitrogen and oxygen atoms in total. The third-order valence-corrected chi connectivity index (χ3v) is 5.52. The maximum Gasteiger partial charge on any atom is 0.221 e. The van der Waals surface area contributed by atoms with Crippen LogP contribution in [0.25, 0.3) is 0 Å². The first kappa shape index (κ1) is 17.2. The van der Waals surface area contributed by atoms with E-state index in [1.807, 2.05) is 6.92 Å². The zero-order valence-corrected chi connectivity index (χ0v) is 14.9. The largest absolute Gasteiger partial charge is 0.368 e. The molecule has 0 aliphatic rings. The quantitative estimate of drug-likeness (QED) is 0.710. The Labute approximate surface area is 150 Å². The van der Waals surface area contributed by atoms with Crippen LogP contribution >= 0.6 is 11.6 Å². The Balaban J connectivity index is 1.84. The minimum Gasteiger partial charge on any atom is -0.368 e. The number of nitrogens with two attached hydrogens (primary N) is 1. The van der Waals surface area contributed by atoms with Crippen LogP contribution in [0.4, 0.5) is 5.95 Å². The van der Waals surface area contributed by atoms with Crippen LogP contribution < -0.4 is 5.73 Å². The zero-order chi connectivity index (χ0) is 18.0. The van der Waals surface area contributed by atoms with E-state index >= 15 is 0 Å². The van der Waals surface area contributed by atoms with Gasteiger partial charge in [-0.05, 0) is 48.9 Å². The van der Waals surface area contributed by atoms with Crippen LogP contribution in [0.5, 0.6) is 0 Å². The number of sulfone groups is 1. The number of benzene rings is 2. The zero-order valence-electron chi connectivity index (χ0n) is 13.3. The molecule has 0 aliphatic heterocycles. The number of rotatable bonds is 4. The van der Waals surface area contributed by atoms with Gasteiger partial charge in [0.2, 0.25) is 15.8 Å². The minimum atomic E-state index is -3.58. The van der Waals surface area contributed by atoms with Crippen LogP contribution in [0.2, 0.25) is 5.02 Å². The number of nitrogen functional groups attached to an aromatic ring is 1. The van der Waals surface area contributed by atoms with Gasteiger partial charge >= 0.3 is 0 Å². The molecule has 3 aromatic rings. The summed E-state index contributed by atoms with van der Waals surface area (Å²) in [6, 6.07) is 12.5. The third kappa shape index (κ3) is 3.72. The van der Waals surface area contributed by atoms with Crippen molar-refractivity contribution in [2.45, 2.75) is 16.7 Å². The molecule has 0 bridgehead atoms. The van der Waals surface area contributed by atoms with Crippen molar-refractivity contribution in [3.63, 3.8) is 0 Å². The smallest absolute Gasteiger partial charge is 0.221 e. The predicted octanol–water partition coefficient (Wildman–Crippen LogP) is 3.14. The second-order valence-electron chi connectivity index (χ2n) is 5.36. The average Bonchev–Trinajstić information content (AvgIpc) is 2.91. The molecule has 0 fully saturated rings. The molecule has 128 valence electrons. The summed E-state index contributed by atoms with van der Waals surface area (Å²) in [6.07, 6.45) is 3.28. The van der Waals surface area contributed by atoms with E-state index in [2.05, 4.69) is 10.1 Å². The van der Waals surface area contributed by atoms with Gasteiger partial charge in [0, 0.05) is 5.02 Å². The number of nitrogens with zero attached hydrogens (tertiary/aromatic N) is 3. The molecule has 0 unspecified atom stereocenters. The molecule has 3 rings (SSSR count). The summed E-state index contributed by atoms with van der Waals surface area (Å²) in [7, 11) is -3.58. The fourth-order valence-electron chi connectivity index (χ4n) is 2.21. The van der Waals surface area contributed by atoms with Crippen molar-refractivity contribution < 1.29 is 8.42 Å². The molecule has 0 spiro atoms. The maximum absolute atomic E-state index is 12.6. The monoisotopic (exact) mass is 374 g/mol. The van der Waals surface area contributed by atoms with Gasteiger partial charge in [0.05, 0.1) is 27.9 Å². The molecule has 0 amide bonds. The molecule has 0 saturated heterocycles. The van der Waals surface area contributed by atoms with Gasteiger partial charge in [-0.1, -0.05) is 23.7 Å². The van der Waals surface area contributed by atoms with Crippen molar-refractivity contribution in [2.24, 2.45) is 5.10 Å². The summed E-state index contributed by atoms with van der Waals surface area (Å²) in [5, 5.41) is 4.68.